The van der Waals surface area contributed by atoms with Crippen molar-refractivity contribution in [3.63, 3.8) is 0 Å². The summed E-state index contributed by atoms with van der Waals surface area (Å²) in [5.74, 6) is 0.321. The molecule has 3 aromatic rings. The molecule has 2 amide bonds. The fourth-order valence-electron chi connectivity index (χ4n) is 3.65. The second kappa shape index (κ2) is 8.00. The number of nitrogens with zero attached hydrogens (tertiary/aromatic N) is 2. The van der Waals surface area contributed by atoms with E-state index in [1.807, 2.05) is 23.1 Å². The van der Waals surface area contributed by atoms with Crippen molar-refractivity contribution < 1.29 is 13.6 Å². The third-order valence-corrected chi connectivity index (χ3v) is 5.19. The summed E-state index contributed by atoms with van der Waals surface area (Å²) in [6.45, 7) is 3.50. The molecular weight excluding hydrogens is 357 g/mol. The molecule has 1 aliphatic rings. The molecular formula is C22H24FN3O2. The lowest BCUT2D eigenvalue weighted by Crippen LogP contribution is -2.39. The number of amides is 2. The molecule has 0 unspecified atom stereocenters. The van der Waals surface area contributed by atoms with Crippen LogP contribution in [0.5, 0.6) is 0 Å². The number of oxazole rings is 1. The number of fused-ring (bicyclic) bond motifs is 1. The van der Waals surface area contributed by atoms with E-state index in [1.54, 1.807) is 12.1 Å². The number of aromatic nitrogens is 1. The lowest BCUT2D eigenvalue weighted by molar-refractivity contribution is 0.185. The van der Waals surface area contributed by atoms with Gasteiger partial charge in [0.2, 0.25) is 5.89 Å². The molecule has 5 nitrogen and oxygen atoms in total. The number of urea groups is 1. The van der Waals surface area contributed by atoms with Gasteiger partial charge in [-0.25, -0.2) is 14.2 Å². The van der Waals surface area contributed by atoms with Crippen LogP contribution in [0, 0.1) is 5.82 Å². The first-order chi connectivity index (χ1) is 13.7. The zero-order valence-electron chi connectivity index (χ0n) is 16.0. The Hall–Kier alpha value is -2.89. The highest BCUT2D eigenvalue weighted by Gasteiger charge is 2.33. The average Bonchev–Trinajstić information content (AvgIpc) is 3.34. The number of hydrogen-bond donors (Lipinski definition) is 1. The summed E-state index contributed by atoms with van der Waals surface area (Å²) in [7, 11) is 0. The number of unbranched alkanes of at least 4 members (excludes halogenated alkanes) is 1. The summed E-state index contributed by atoms with van der Waals surface area (Å²) in [5, 5.41) is 2.98. The predicted molar refractivity (Wildman–Crippen MR) is 106 cm³/mol. The van der Waals surface area contributed by atoms with Crippen molar-refractivity contribution in [1.82, 2.24) is 15.2 Å². The van der Waals surface area contributed by atoms with Crippen LogP contribution in [-0.2, 0) is 0 Å². The zero-order chi connectivity index (χ0) is 19.5. The molecule has 1 atom stereocenters. The number of carbonyl (C=O) groups is 1. The van der Waals surface area contributed by atoms with Crippen LogP contribution in [0.2, 0.25) is 0 Å². The zero-order valence-corrected chi connectivity index (χ0v) is 16.0. The van der Waals surface area contributed by atoms with Crippen molar-refractivity contribution in [2.75, 3.05) is 13.1 Å². The molecule has 0 spiro atoms. The Morgan fingerprint density at radius 1 is 1.25 bits per heavy atom. The van der Waals surface area contributed by atoms with E-state index in [1.165, 1.54) is 12.1 Å². The minimum atomic E-state index is -0.257. The van der Waals surface area contributed by atoms with Gasteiger partial charge in [0.25, 0.3) is 0 Å². The Bertz CT molecular complexity index is 968. The van der Waals surface area contributed by atoms with Gasteiger partial charge in [0.15, 0.2) is 5.58 Å². The van der Waals surface area contributed by atoms with Gasteiger partial charge < -0.3 is 14.6 Å². The summed E-state index contributed by atoms with van der Waals surface area (Å²) < 4.78 is 19.1. The van der Waals surface area contributed by atoms with Crippen molar-refractivity contribution in [2.45, 2.75) is 38.6 Å². The first kappa shape index (κ1) is 18.5. The van der Waals surface area contributed by atoms with E-state index in [9.17, 15) is 9.18 Å². The number of nitrogens with one attached hydrogen (secondary N) is 1. The van der Waals surface area contributed by atoms with E-state index in [-0.39, 0.29) is 17.9 Å². The second-order valence-corrected chi connectivity index (χ2v) is 7.18. The first-order valence-corrected chi connectivity index (χ1v) is 9.86. The van der Waals surface area contributed by atoms with Crippen LogP contribution in [0.25, 0.3) is 22.2 Å². The van der Waals surface area contributed by atoms with E-state index in [4.69, 9.17) is 4.42 Å². The van der Waals surface area contributed by atoms with E-state index in [0.717, 1.165) is 42.3 Å². The summed E-state index contributed by atoms with van der Waals surface area (Å²) in [4.78, 5) is 19.0. The van der Waals surface area contributed by atoms with Crippen LogP contribution in [0.15, 0.2) is 46.9 Å². The maximum Gasteiger partial charge on any atom is 0.318 e. The Balaban J connectivity index is 1.57. The van der Waals surface area contributed by atoms with Crippen molar-refractivity contribution in [2.24, 2.45) is 0 Å². The molecule has 28 heavy (non-hydrogen) atoms. The van der Waals surface area contributed by atoms with E-state index < -0.39 is 0 Å². The molecule has 2 heterocycles. The highest BCUT2D eigenvalue weighted by molar-refractivity contribution is 5.80. The monoisotopic (exact) mass is 381 g/mol. The Labute approximate surface area is 163 Å². The molecule has 0 radical (unpaired) electrons. The van der Waals surface area contributed by atoms with Crippen molar-refractivity contribution in [1.29, 1.82) is 0 Å². The normalized spacial score (nSPS) is 16.6. The number of likely N-dealkylation sites (tertiary alicyclic amines) is 1. The lowest BCUT2D eigenvalue weighted by atomic mass is 10.1. The van der Waals surface area contributed by atoms with E-state index in [0.29, 0.717) is 24.6 Å². The average molecular weight is 381 g/mol. The Kier molecular flexibility index (Phi) is 5.28. The van der Waals surface area contributed by atoms with Crippen molar-refractivity contribution in [3.05, 3.63) is 54.2 Å². The van der Waals surface area contributed by atoms with Gasteiger partial charge in [0.05, 0.1) is 0 Å². The molecule has 1 aliphatic heterocycles. The number of hydrogen-bond acceptors (Lipinski definition) is 3. The molecule has 0 bridgehead atoms. The minimum Gasteiger partial charge on any atom is -0.438 e. The van der Waals surface area contributed by atoms with Gasteiger partial charge in [-0.2, -0.15) is 0 Å². The second-order valence-electron chi connectivity index (χ2n) is 7.18. The highest BCUT2D eigenvalue weighted by Crippen LogP contribution is 2.34. The van der Waals surface area contributed by atoms with Crippen LogP contribution < -0.4 is 5.32 Å². The quantitative estimate of drug-likeness (QED) is 0.612. The topological polar surface area (TPSA) is 58.4 Å². The molecule has 1 fully saturated rings. The Morgan fingerprint density at radius 2 is 2.04 bits per heavy atom. The van der Waals surface area contributed by atoms with Gasteiger partial charge in [0.1, 0.15) is 17.4 Å². The van der Waals surface area contributed by atoms with Crippen LogP contribution in [0.4, 0.5) is 9.18 Å². The molecule has 1 aromatic heterocycles. The highest BCUT2D eigenvalue weighted by atomic mass is 19.1. The third kappa shape index (κ3) is 3.72. The van der Waals surface area contributed by atoms with Crippen LogP contribution in [0.3, 0.4) is 0 Å². The minimum absolute atomic E-state index is 0.0507. The fraction of sp³-hybridized carbons (Fsp3) is 0.364. The molecule has 6 heteroatoms. The number of carbonyl (C=O) groups excluding carboxylic acids is 1. The molecule has 146 valence electrons. The largest absolute Gasteiger partial charge is 0.438 e. The smallest absolute Gasteiger partial charge is 0.318 e. The van der Waals surface area contributed by atoms with Gasteiger partial charge in [-0.15, -0.1) is 0 Å². The molecule has 2 aromatic carbocycles. The Morgan fingerprint density at radius 3 is 2.82 bits per heavy atom. The van der Waals surface area contributed by atoms with Crippen LogP contribution in [-0.4, -0.2) is 29.0 Å². The maximum absolute atomic E-state index is 13.2. The van der Waals surface area contributed by atoms with Gasteiger partial charge in [-0.05, 0) is 54.7 Å². The lowest BCUT2D eigenvalue weighted by Gasteiger charge is -2.22. The number of benzene rings is 2. The standard InChI is InChI=1S/C22H24FN3O2/c1-2-3-12-24-22(27)26-13-4-5-19(26)21-25-18-14-16(8-11-20(18)28-21)15-6-9-17(23)10-7-15/h6-11,14,19H,2-5,12-13H2,1H3,(H,24,27)/t19-/m1/s1. The number of rotatable bonds is 5. The van der Waals surface area contributed by atoms with E-state index in [2.05, 4.69) is 17.2 Å². The molecule has 1 saturated heterocycles. The number of halogens is 1. The summed E-state index contributed by atoms with van der Waals surface area (Å²) >= 11 is 0. The van der Waals surface area contributed by atoms with Crippen LogP contribution in [0.1, 0.15) is 44.5 Å². The fourth-order valence-corrected chi connectivity index (χ4v) is 3.65. The van der Waals surface area contributed by atoms with Crippen LogP contribution >= 0.6 is 0 Å². The summed E-state index contributed by atoms with van der Waals surface area (Å²) in [6.07, 6.45) is 3.80. The van der Waals surface area contributed by atoms with Gasteiger partial charge in [0, 0.05) is 13.1 Å². The summed E-state index contributed by atoms with van der Waals surface area (Å²) in [6, 6.07) is 12.0. The van der Waals surface area contributed by atoms with Gasteiger partial charge >= 0.3 is 6.03 Å². The predicted octanol–water partition coefficient (Wildman–Crippen LogP) is 5.28. The molecule has 4 rings (SSSR count). The SMILES string of the molecule is CCCCNC(=O)N1CCC[C@@H]1c1nc2cc(-c3ccc(F)cc3)ccc2o1. The maximum atomic E-state index is 13.2. The van der Waals surface area contributed by atoms with E-state index >= 15 is 0 Å². The molecule has 0 aliphatic carbocycles. The van der Waals surface area contributed by atoms with Crippen molar-refractivity contribution >= 4 is 17.1 Å². The third-order valence-electron chi connectivity index (χ3n) is 5.19. The van der Waals surface area contributed by atoms with Crippen molar-refractivity contribution in [3.8, 4) is 11.1 Å². The molecule has 1 N–H and O–H groups in total. The molecule has 0 saturated carbocycles. The first-order valence-electron chi connectivity index (χ1n) is 9.86. The van der Waals surface area contributed by atoms with Gasteiger partial charge in [-0.1, -0.05) is 31.5 Å². The summed E-state index contributed by atoms with van der Waals surface area (Å²) in [5.41, 5.74) is 3.31. The van der Waals surface area contributed by atoms with Gasteiger partial charge in [-0.3, -0.25) is 0 Å².